The molecule has 3 aromatic rings. The van der Waals surface area contributed by atoms with Crippen molar-refractivity contribution in [1.29, 1.82) is 0 Å². The monoisotopic (exact) mass is 388 g/mol. The second-order valence-corrected chi connectivity index (χ2v) is 6.37. The summed E-state index contributed by atoms with van der Waals surface area (Å²) in [6.07, 6.45) is 1.61. The van der Waals surface area contributed by atoms with Crippen LogP contribution in [0.15, 0.2) is 83.5 Å². The van der Waals surface area contributed by atoms with Gasteiger partial charge in [-0.15, -0.1) is 0 Å². The van der Waals surface area contributed by atoms with Crippen LogP contribution in [0.5, 0.6) is 11.5 Å². The van der Waals surface area contributed by atoms with Gasteiger partial charge >= 0.3 is 0 Å². The summed E-state index contributed by atoms with van der Waals surface area (Å²) in [6.45, 7) is 0. The highest BCUT2D eigenvalue weighted by Gasteiger charge is 2.33. The number of benzene rings is 3. The van der Waals surface area contributed by atoms with Crippen molar-refractivity contribution in [3.05, 3.63) is 95.4 Å². The van der Waals surface area contributed by atoms with Gasteiger partial charge in [0.05, 0.1) is 18.4 Å². The van der Waals surface area contributed by atoms with Crippen molar-refractivity contribution in [3.63, 3.8) is 0 Å². The lowest BCUT2D eigenvalue weighted by Gasteiger charge is -2.19. The van der Waals surface area contributed by atoms with E-state index < -0.39 is 0 Å². The maximum absolute atomic E-state index is 13.2. The lowest BCUT2D eigenvalue weighted by atomic mass is 10.1. The largest absolute Gasteiger partial charge is 0.508 e. The maximum atomic E-state index is 13.2. The summed E-state index contributed by atoms with van der Waals surface area (Å²) in [5.41, 5.74) is 2.08. The molecule has 144 valence electrons. The molecule has 1 amide bonds. The van der Waals surface area contributed by atoms with Crippen LogP contribution in [-0.2, 0) is 4.79 Å². The second-order valence-electron chi connectivity index (χ2n) is 6.37. The molecule has 0 radical (unpaired) electrons. The van der Waals surface area contributed by atoms with E-state index in [1.54, 1.807) is 43.5 Å². The van der Waals surface area contributed by atoms with Crippen LogP contribution < -0.4 is 9.64 Å². The van der Waals surface area contributed by atoms with Gasteiger partial charge in [0, 0.05) is 0 Å². The normalized spacial score (nSPS) is 15.0. The van der Waals surface area contributed by atoms with Gasteiger partial charge in [-0.1, -0.05) is 24.3 Å². The fraction of sp³-hybridized carbons (Fsp3) is 0.0435. The highest BCUT2D eigenvalue weighted by molar-refractivity contribution is 6.33. The van der Waals surface area contributed by atoms with E-state index in [2.05, 4.69) is 4.99 Å². The Hall–Kier alpha value is -3.93. The molecular formula is C23H17FN2O3. The summed E-state index contributed by atoms with van der Waals surface area (Å²) in [4.78, 5) is 19.2. The van der Waals surface area contributed by atoms with E-state index in [0.717, 1.165) is 0 Å². The van der Waals surface area contributed by atoms with Crippen molar-refractivity contribution in [2.75, 3.05) is 12.0 Å². The van der Waals surface area contributed by atoms with Gasteiger partial charge in [-0.2, -0.15) is 0 Å². The molecule has 0 unspecified atom stereocenters. The molecule has 0 spiro atoms. The van der Waals surface area contributed by atoms with Crippen LogP contribution in [0.3, 0.4) is 0 Å². The summed E-state index contributed by atoms with van der Waals surface area (Å²) in [7, 11) is 1.55. The molecule has 1 aliphatic rings. The summed E-state index contributed by atoms with van der Waals surface area (Å²) >= 11 is 0. The summed E-state index contributed by atoms with van der Waals surface area (Å²) < 4.78 is 18.6. The van der Waals surface area contributed by atoms with Gasteiger partial charge in [0.25, 0.3) is 5.91 Å². The molecule has 0 fully saturated rings. The van der Waals surface area contributed by atoms with E-state index in [4.69, 9.17) is 4.74 Å². The number of phenolic OH excluding ortho intramolecular Hbond substituents is 1. The number of amidine groups is 1. The first kappa shape index (κ1) is 18.4. The number of halogens is 1. The fourth-order valence-electron chi connectivity index (χ4n) is 3.08. The molecule has 3 aromatic carbocycles. The van der Waals surface area contributed by atoms with Crippen molar-refractivity contribution in [1.82, 2.24) is 0 Å². The van der Waals surface area contributed by atoms with Crippen LogP contribution in [0.1, 0.15) is 11.1 Å². The molecule has 1 aliphatic heterocycles. The SMILES string of the molecule is COc1ccccc1C1=N/C(=C/c2ccc(F)cc2)C(=O)N1c1ccc(O)cc1. The highest BCUT2D eigenvalue weighted by Crippen LogP contribution is 2.31. The Labute approximate surface area is 167 Å². The first-order valence-corrected chi connectivity index (χ1v) is 8.89. The molecule has 1 heterocycles. The summed E-state index contributed by atoms with van der Waals surface area (Å²) in [6, 6.07) is 19.4. The van der Waals surface area contributed by atoms with Crippen LogP contribution in [0.2, 0.25) is 0 Å². The Morgan fingerprint density at radius 1 is 1.00 bits per heavy atom. The Bertz CT molecular complexity index is 1120. The van der Waals surface area contributed by atoms with Gasteiger partial charge in [-0.25, -0.2) is 9.38 Å². The molecule has 4 rings (SSSR count). The van der Waals surface area contributed by atoms with Crippen LogP contribution in [0.4, 0.5) is 10.1 Å². The van der Waals surface area contributed by atoms with Gasteiger partial charge < -0.3 is 9.84 Å². The van der Waals surface area contributed by atoms with Gasteiger partial charge in [-0.05, 0) is 60.2 Å². The van der Waals surface area contributed by atoms with Crippen LogP contribution in [0.25, 0.3) is 6.08 Å². The van der Waals surface area contributed by atoms with Crippen molar-refractivity contribution in [2.24, 2.45) is 4.99 Å². The highest BCUT2D eigenvalue weighted by atomic mass is 19.1. The molecule has 0 aliphatic carbocycles. The van der Waals surface area contributed by atoms with Crippen molar-refractivity contribution < 1.29 is 19.0 Å². The number of hydrogen-bond acceptors (Lipinski definition) is 4. The van der Waals surface area contributed by atoms with Crippen LogP contribution in [-0.4, -0.2) is 24.0 Å². The second kappa shape index (κ2) is 7.59. The zero-order valence-electron chi connectivity index (χ0n) is 15.5. The number of carbonyl (C=O) groups excluding carboxylic acids is 1. The number of hydrogen-bond donors (Lipinski definition) is 1. The number of ether oxygens (including phenoxy) is 1. The number of para-hydroxylation sites is 1. The van der Waals surface area contributed by atoms with E-state index in [9.17, 15) is 14.3 Å². The molecular weight excluding hydrogens is 371 g/mol. The maximum Gasteiger partial charge on any atom is 0.282 e. The molecule has 0 bridgehead atoms. The van der Waals surface area contributed by atoms with E-state index in [-0.39, 0.29) is 23.2 Å². The van der Waals surface area contributed by atoms with Gasteiger partial charge in [-0.3, -0.25) is 9.69 Å². The Morgan fingerprint density at radius 3 is 2.38 bits per heavy atom. The number of rotatable bonds is 4. The van der Waals surface area contributed by atoms with Crippen LogP contribution in [0, 0.1) is 5.82 Å². The van der Waals surface area contributed by atoms with Crippen molar-refractivity contribution >= 4 is 23.5 Å². The Kier molecular flexibility index (Phi) is 4.83. The van der Waals surface area contributed by atoms with Crippen LogP contribution >= 0.6 is 0 Å². The van der Waals surface area contributed by atoms with E-state index in [0.29, 0.717) is 28.4 Å². The summed E-state index contributed by atoms with van der Waals surface area (Å²) in [5.74, 6) is 0.394. The molecule has 1 N–H and O–H groups in total. The minimum Gasteiger partial charge on any atom is -0.508 e. The van der Waals surface area contributed by atoms with E-state index >= 15 is 0 Å². The number of carbonyl (C=O) groups is 1. The third-order valence-corrected chi connectivity index (χ3v) is 4.49. The zero-order valence-corrected chi connectivity index (χ0v) is 15.5. The van der Waals surface area contributed by atoms with Gasteiger partial charge in [0.2, 0.25) is 0 Å². The predicted molar refractivity (Wildman–Crippen MR) is 110 cm³/mol. The van der Waals surface area contributed by atoms with E-state index in [1.807, 2.05) is 18.2 Å². The third kappa shape index (κ3) is 3.60. The molecule has 0 saturated carbocycles. The predicted octanol–water partition coefficient (Wildman–Crippen LogP) is 4.37. The lowest BCUT2D eigenvalue weighted by molar-refractivity contribution is -0.113. The first-order chi connectivity index (χ1) is 14.1. The summed E-state index contributed by atoms with van der Waals surface area (Å²) in [5, 5.41) is 9.60. The minimum absolute atomic E-state index is 0.0956. The minimum atomic E-state index is -0.353. The van der Waals surface area contributed by atoms with E-state index in [1.165, 1.54) is 29.2 Å². The number of aliphatic imine (C=N–C) groups is 1. The standard InChI is InChI=1S/C23H17FN2O3/c1-29-21-5-3-2-4-19(21)22-25-20(14-15-6-8-16(24)9-7-15)23(28)26(22)17-10-12-18(27)13-11-17/h2-14,27H,1H3/b20-14+. The average Bonchev–Trinajstić information content (AvgIpc) is 3.06. The number of amides is 1. The average molecular weight is 388 g/mol. The molecule has 5 nitrogen and oxygen atoms in total. The first-order valence-electron chi connectivity index (χ1n) is 8.89. The number of anilines is 1. The van der Waals surface area contributed by atoms with Crippen molar-refractivity contribution in [3.8, 4) is 11.5 Å². The number of phenols is 1. The molecule has 0 aromatic heterocycles. The van der Waals surface area contributed by atoms with Crippen molar-refractivity contribution in [2.45, 2.75) is 0 Å². The molecule has 0 saturated heterocycles. The zero-order chi connectivity index (χ0) is 20.4. The smallest absolute Gasteiger partial charge is 0.282 e. The molecule has 0 atom stereocenters. The Morgan fingerprint density at radius 2 is 1.69 bits per heavy atom. The fourth-order valence-corrected chi connectivity index (χ4v) is 3.08. The number of nitrogens with zero attached hydrogens (tertiary/aromatic N) is 2. The topological polar surface area (TPSA) is 62.1 Å². The van der Waals surface area contributed by atoms with Gasteiger partial charge in [0.1, 0.15) is 23.0 Å². The quantitative estimate of drug-likeness (QED) is 0.675. The van der Waals surface area contributed by atoms with Gasteiger partial charge in [0.15, 0.2) is 5.84 Å². The number of methoxy groups -OCH3 is 1. The lowest BCUT2D eigenvalue weighted by Crippen LogP contribution is -2.32. The third-order valence-electron chi connectivity index (χ3n) is 4.49. The number of aromatic hydroxyl groups is 1. The molecule has 29 heavy (non-hydrogen) atoms. The molecule has 6 heteroatoms. The Balaban J connectivity index is 1.85.